The molecule has 0 aromatic heterocycles. The summed E-state index contributed by atoms with van der Waals surface area (Å²) in [5.74, 6) is 0.505. The summed E-state index contributed by atoms with van der Waals surface area (Å²) in [7, 11) is 0. The summed E-state index contributed by atoms with van der Waals surface area (Å²) in [6.45, 7) is 4.80. The lowest BCUT2D eigenvalue weighted by atomic mass is 10.0. The van der Waals surface area contributed by atoms with Crippen molar-refractivity contribution >= 4 is 0 Å². The van der Waals surface area contributed by atoms with E-state index >= 15 is 0 Å². The van der Waals surface area contributed by atoms with Gasteiger partial charge in [0.15, 0.2) is 0 Å². The molecule has 0 spiro atoms. The largest absolute Gasteiger partial charge is 0.396 e. The molecule has 0 aromatic carbocycles. The molecule has 0 bridgehead atoms. The Labute approximate surface area is 166 Å². The Balaban J connectivity index is 2.99. The number of aliphatic hydroxyl groups is 1. The topological polar surface area (TPSA) is 20.2 Å². The third-order valence-corrected chi connectivity index (χ3v) is 5.86. The van der Waals surface area contributed by atoms with Crippen LogP contribution < -0.4 is 0 Å². The van der Waals surface area contributed by atoms with Crippen molar-refractivity contribution < 1.29 is 5.11 Å². The molecule has 0 saturated heterocycles. The number of hydrogen-bond acceptors (Lipinski definition) is 1. The van der Waals surface area contributed by atoms with E-state index in [0.29, 0.717) is 12.5 Å². The molecule has 0 aliphatic carbocycles. The van der Waals surface area contributed by atoms with Gasteiger partial charge in [-0.25, -0.2) is 0 Å². The highest BCUT2D eigenvalue weighted by Gasteiger charge is 1.99. The summed E-state index contributed by atoms with van der Waals surface area (Å²) in [5, 5.41) is 8.99. The second kappa shape index (κ2) is 23.0. The molecule has 158 valence electrons. The molecule has 0 saturated carbocycles. The molecular formula is C25H52O. The van der Waals surface area contributed by atoms with Crippen LogP contribution in [-0.4, -0.2) is 11.7 Å². The lowest BCUT2D eigenvalue weighted by Crippen LogP contribution is -1.99. The number of hydrogen-bond donors (Lipinski definition) is 1. The molecule has 0 fully saturated rings. The third-order valence-electron chi connectivity index (χ3n) is 5.86. The van der Waals surface area contributed by atoms with Gasteiger partial charge in [0.25, 0.3) is 0 Å². The molecule has 0 amide bonds. The highest BCUT2D eigenvalue weighted by atomic mass is 16.3. The quantitative estimate of drug-likeness (QED) is 0.189. The summed E-state index contributed by atoms with van der Waals surface area (Å²) >= 11 is 0. The molecule has 0 heterocycles. The van der Waals surface area contributed by atoms with E-state index in [9.17, 15) is 0 Å². The predicted octanol–water partition coefficient (Wildman–Crippen LogP) is 8.83. The van der Waals surface area contributed by atoms with Crippen molar-refractivity contribution in [1.29, 1.82) is 0 Å². The zero-order chi connectivity index (χ0) is 19.1. The highest BCUT2D eigenvalue weighted by Crippen LogP contribution is 2.15. The smallest absolute Gasteiger partial charge is 0.0456 e. The van der Waals surface area contributed by atoms with Gasteiger partial charge in [0.2, 0.25) is 0 Å². The van der Waals surface area contributed by atoms with Crippen molar-refractivity contribution in [2.24, 2.45) is 5.92 Å². The molecule has 26 heavy (non-hydrogen) atoms. The number of aliphatic hydroxyl groups excluding tert-OH is 1. The lowest BCUT2D eigenvalue weighted by Gasteiger charge is -2.07. The molecule has 0 unspecified atom stereocenters. The maximum absolute atomic E-state index is 8.99. The van der Waals surface area contributed by atoms with Gasteiger partial charge in [0.05, 0.1) is 0 Å². The van der Waals surface area contributed by atoms with Crippen molar-refractivity contribution in [1.82, 2.24) is 0 Å². The first-order valence-corrected chi connectivity index (χ1v) is 12.4. The van der Waals surface area contributed by atoms with Crippen LogP contribution >= 0.6 is 0 Å². The van der Waals surface area contributed by atoms with Crippen LogP contribution in [0.3, 0.4) is 0 Å². The van der Waals surface area contributed by atoms with Crippen LogP contribution in [0.1, 0.15) is 149 Å². The first-order chi connectivity index (χ1) is 12.8. The Kier molecular flexibility index (Phi) is 23.0. The summed E-state index contributed by atoms with van der Waals surface area (Å²) < 4.78 is 0. The van der Waals surface area contributed by atoms with E-state index < -0.39 is 0 Å². The normalized spacial score (nSPS) is 12.6. The van der Waals surface area contributed by atoms with E-state index in [1.807, 2.05) is 0 Å². The van der Waals surface area contributed by atoms with E-state index in [2.05, 4.69) is 13.8 Å². The average molecular weight is 369 g/mol. The van der Waals surface area contributed by atoms with Gasteiger partial charge >= 0.3 is 0 Å². The highest BCUT2D eigenvalue weighted by molar-refractivity contribution is 4.53. The van der Waals surface area contributed by atoms with E-state index in [1.54, 1.807) is 0 Å². The van der Waals surface area contributed by atoms with Gasteiger partial charge in [0.1, 0.15) is 0 Å². The van der Waals surface area contributed by atoms with Gasteiger partial charge in [-0.2, -0.15) is 0 Å². The third kappa shape index (κ3) is 22.0. The number of unbranched alkanes of at least 4 members (excludes halogenated alkanes) is 19. The second-order valence-electron chi connectivity index (χ2n) is 8.79. The Hall–Kier alpha value is -0.0400. The average Bonchev–Trinajstić information content (AvgIpc) is 2.66. The molecule has 1 nitrogen and oxygen atoms in total. The van der Waals surface area contributed by atoms with Gasteiger partial charge in [-0.3, -0.25) is 0 Å². The Morgan fingerprint density at radius 3 is 1.00 bits per heavy atom. The molecule has 0 aromatic rings. The van der Waals surface area contributed by atoms with Gasteiger partial charge in [-0.15, -0.1) is 0 Å². The first kappa shape index (κ1) is 26.0. The Morgan fingerprint density at radius 2 is 0.731 bits per heavy atom. The van der Waals surface area contributed by atoms with Crippen LogP contribution in [0.25, 0.3) is 0 Å². The minimum atomic E-state index is 0.360. The summed E-state index contributed by atoms with van der Waals surface area (Å²) in [6.07, 6.45) is 30.0. The molecule has 0 radical (unpaired) electrons. The van der Waals surface area contributed by atoms with Crippen LogP contribution in [0.4, 0.5) is 0 Å². The Morgan fingerprint density at radius 1 is 0.462 bits per heavy atom. The standard InChI is InChI=1S/C25H52O/c1-3-4-5-6-7-8-9-10-11-12-13-14-15-16-17-18-19-20-21-22-23-25(2)24-26/h25-26H,3-24H2,1-2H3/t25-/m0/s1. The monoisotopic (exact) mass is 368 g/mol. The second-order valence-corrected chi connectivity index (χ2v) is 8.79. The van der Waals surface area contributed by atoms with Gasteiger partial charge in [-0.05, 0) is 12.3 Å². The van der Waals surface area contributed by atoms with Crippen LogP contribution in [0.15, 0.2) is 0 Å². The van der Waals surface area contributed by atoms with Crippen LogP contribution in [0.2, 0.25) is 0 Å². The maximum atomic E-state index is 8.99. The minimum absolute atomic E-state index is 0.360. The van der Waals surface area contributed by atoms with E-state index in [-0.39, 0.29) is 0 Å². The lowest BCUT2D eigenvalue weighted by molar-refractivity contribution is 0.227. The SMILES string of the molecule is CCCCCCCCCCCCCCCCCCCCCC[C@H](C)CO. The van der Waals surface area contributed by atoms with Crippen molar-refractivity contribution in [3.63, 3.8) is 0 Å². The summed E-state index contributed by atoms with van der Waals surface area (Å²) in [4.78, 5) is 0. The summed E-state index contributed by atoms with van der Waals surface area (Å²) in [5.41, 5.74) is 0. The van der Waals surface area contributed by atoms with Crippen LogP contribution in [0.5, 0.6) is 0 Å². The predicted molar refractivity (Wildman–Crippen MR) is 119 cm³/mol. The van der Waals surface area contributed by atoms with Crippen LogP contribution in [0, 0.1) is 5.92 Å². The van der Waals surface area contributed by atoms with E-state index in [0.717, 1.165) is 0 Å². The number of rotatable bonds is 22. The van der Waals surface area contributed by atoms with E-state index in [1.165, 1.54) is 135 Å². The fraction of sp³-hybridized carbons (Fsp3) is 1.00. The van der Waals surface area contributed by atoms with E-state index in [4.69, 9.17) is 5.11 Å². The molecule has 0 aliphatic heterocycles. The summed E-state index contributed by atoms with van der Waals surface area (Å²) in [6, 6.07) is 0. The first-order valence-electron chi connectivity index (χ1n) is 12.4. The van der Waals surface area contributed by atoms with Gasteiger partial charge < -0.3 is 5.11 Å². The van der Waals surface area contributed by atoms with Crippen molar-refractivity contribution in [2.75, 3.05) is 6.61 Å². The Bertz CT molecular complexity index is 238. The van der Waals surface area contributed by atoms with Crippen molar-refractivity contribution in [2.45, 2.75) is 149 Å². The fourth-order valence-corrected chi connectivity index (χ4v) is 3.84. The molecule has 0 rings (SSSR count). The molecule has 0 aliphatic rings. The maximum Gasteiger partial charge on any atom is 0.0456 e. The van der Waals surface area contributed by atoms with Crippen molar-refractivity contribution in [3.05, 3.63) is 0 Å². The van der Waals surface area contributed by atoms with Crippen LogP contribution in [-0.2, 0) is 0 Å². The van der Waals surface area contributed by atoms with Gasteiger partial charge in [-0.1, -0.05) is 142 Å². The zero-order valence-electron chi connectivity index (χ0n) is 18.6. The molecule has 1 N–H and O–H groups in total. The molecular weight excluding hydrogens is 316 g/mol. The fourth-order valence-electron chi connectivity index (χ4n) is 3.84. The minimum Gasteiger partial charge on any atom is -0.396 e. The van der Waals surface area contributed by atoms with Gasteiger partial charge in [0, 0.05) is 6.61 Å². The zero-order valence-corrected chi connectivity index (χ0v) is 18.6. The van der Waals surface area contributed by atoms with Crippen molar-refractivity contribution in [3.8, 4) is 0 Å². The molecule has 1 atom stereocenters. The molecule has 1 heteroatoms.